The largest absolute Gasteiger partial charge is 0.236 e. The Hall–Kier alpha value is 1.40. The third kappa shape index (κ3) is 2.87. The summed E-state index contributed by atoms with van der Waals surface area (Å²) < 4.78 is 0. The minimum Gasteiger partial charge on any atom is -0.236 e. The zero-order valence-corrected chi connectivity index (χ0v) is 9.63. The quantitative estimate of drug-likeness (QED) is 0.709. The lowest BCUT2D eigenvalue weighted by atomic mass is 9.98. The molecule has 0 saturated heterocycles. The Labute approximate surface area is 80.6 Å². The van der Waals surface area contributed by atoms with Gasteiger partial charge < -0.3 is 0 Å². The van der Waals surface area contributed by atoms with E-state index in [1.54, 1.807) is 0 Å². The van der Waals surface area contributed by atoms with Crippen molar-refractivity contribution < 1.29 is 5.11 Å². The van der Waals surface area contributed by atoms with E-state index in [1.807, 2.05) is 0 Å². The van der Waals surface area contributed by atoms with Crippen LogP contribution in [0.25, 0.3) is 0 Å². The van der Waals surface area contributed by atoms with Gasteiger partial charge in [-0.1, -0.05) is 47.8 Å². The number of alkyl halides is 3. The average Bonchev–Trinajstić information content (AvgIpc) is 1.95. The molecule has 0 rings (SSSR count). The number of hydrogen-bond donors (Lipinski definition) is 0. The highest BCUT2D eigenvalue weighted by Crippen LogP contribution is 2.24. The summed E-state index contributed by atoms with van der Waals surface area (Å²) in [5.74, 6) is 0. The van der Waals surface area contributed by atoms with Gasteiger partial charge >= 0.3 is 0 Å². The van der Waals surface area contributed by atoms with E-state index in [1.165, 1.54) is 0 Å². The van der Waals surface area contributed by atoms with Crippen molar-refractivity contribution in [1.82, 2.24) is 0 Å². The summed E-state index contributed by atoms with van der Waals surface area (Å²) in [6.07, 6.45) is 0. The van der Waals surface area contributed by atoms with Crippen LogP contribution in [-0.2, 0) is 5.11 Å². The summed E-state index contributed by atoms with van der Waals surface area (Å²) in [6, 6.07) is 0. The van der Waals surface area contributed by atoms with Crippen LogP contribution in [0, 0.1) is 5.41 Å². The molecule has 0 spiro atoms. The van der Waals surface area contributed by atoms with E-state index in [4.69, 9.17) is 0 Å². The van der Waals surface area contributed by atoms with E-state index in [-0.39, 0.29) is 12.0 Å². The highest BCUT2D eigenvalue weighted by molar-refractivity contribution is 9.10. The third-order valence-corrected chi connectivity index (χ3v) is 4.73. The van der Waals surface area contributed by atoms with Gasteiger partial charge in [-0.3, -0.25) is 0 Å². The van der Waals surface area contributed by atoms with E-state index in [2.05, 4.69) is 47.8 Å². The highest BCUT2D eigenvalue weighted by atomic mass is 79.9. The van der Waals surface area contributed by atoms with Crippen molar-refractivity contribution in [3.63, 3.8) is 0 Å². The maximum absolute atomic E-state index is 10.6. The second-order valence-electron chi connectivity index (χ2n) is 2.05. The van der Waals surface area contributed by atoms with Gasteiger partial charge in [-0.15, -0.1) is 0 Å². The van der Waals surface area contributed by atoms with Crippen molar-refractivity contribution in [3.05, 3.63) is 0 Å². The van der Waals surface area contributed by atoms with E-state index in [9.17, 15) is 5.11 Å². The van der Waals surface area contributed by atoms with Crippen LogP contribution in [0.5, 0.6) is 0 Å². The van der Waals surface area contributed by atoms with E-state index < -0.39 is 0 Å². The van der Waals surface area contributed by atoms with Gasteiger partial charge in [0.15, 0.2) is 0 Å². The number of rotatable bonds is 4. The fourth-order valence-electron chi connectivity index (χ4n) is 0.223. The van der Waals surface area contributed by atoms with Crippen LogP contribution in [0.15, 0.2) is 0 Å². The minimum absolute atomic E-state index is 0.0469. The number of halogens is 3. The van der Waals surface area contributed by atoms with Crippen LogP contribution >= 0.6 is 47.8 Å². The summed E-state index contributed by atoms with van der Waals surface area (Å²) in [5, 5.41) is 12.8. The van der Waals surface area contributed by atoms with Gasteiger partial charge in [-0.05, 0) is 0 Å². The van der Waals surface area contributed by atoms with E-state index in [0.29, 0.717) is 0 Å². The van der Waals surface area contributed by atoms with E-state index in [0.717, 1.165) is 16.0 Å². The molecule has 0 aromatic carbocycles. The lowest BCUT2D eigenvalue weighted by Crippen LogP contribution is -2.30. The Bertz CT molecular complexity index is 55.1. The van der Waals surface area contributed by atoms with Crippen molar-refractivity contribution in [1.29, 1.82) is 0 Å². The first-order valence-corrected chi connectivity index (χ1v) is 5.87. The molecule has 0 unspecified atom stereocenters. The van der Waals surface area contributed by atoms with Crippen LogP contribution < -0.4 is 0 Å². The zero-order valence-electron chi connectivity index (χ0n) is 4.87. The van der Waals surface area contributed by atoms with Gasteiger partial charge in [-0.2, -0.15) is 0 Å². The topological polar surface area (TPSA) is 19.9 Å². The van der Waals surface area contributed by atoms with Gasteiger partial charge in [0.1, 0.15) is 0 Å². The zero-order chi connectivity index (χ0) is 7.33. The Kier molecular flexibility index (Phi) is 5.90. The molecule has 55 valence electrons. The Morgan fingerprint density at radius 3 is 1.33 bits per heavy atom. The third-order valence-electron chi connectivity index (χ3n) is 1.16. The minimum atomic E-state index is -0.139. The van der Waals surface area contributed by atoms with Gasteiger partial charge in [0, 0.05) is 21.4 Å². The van der Waals surface area contributed by atoms with Crippen molar-refractivity contribution in [2.75, 3.05) is 22.6 Å². The first kappa shape index (κ1) is 10.4. The molecule has 0 fully saturated rings. The molecule has 4 heteroatoms. The molecule has 0 bridgehead atoms. The summed E-state index contributed by atoms with van der Waals surface area (Å²) in [6.45, 7) is -0.0469. The van der Waals surface area contributed by atoms with Gasteiger partial charge in [-0.25, -0.2) is 5.11 Å². The monoisotopic (exact) mass is 321 g/mol. The Morgan fingerprint density at radius 2 is 1.33 bits per heavy atom. The average molecular weight is 324 g/mol. The molecular formula is C5H8Br3O. The standard InChI is InChI=1S/C5H8Br3O/c6-1-5(2-7,3-8)4-9/h1-4H2. The predicted octanol–water partition coefficient (Wildman–Crippen LogP) is 2.59. The molecule has 0 amide bonds. The molecule has 0 aromatic heterocycles. The van der Waals surface area contributed by atoms with Crippen molar-refractivity contribution in [2.45, 2.75) is 0 Å². The Morgan fingerprint density at radius 1 is 1.00 bits per heavy atom. The number of hydrogen-bond acceptors (Lipinski definition) is 0. The SMILES string of the molecule is [O]CC(CBr)(CBr)CBr. The first-order valence-electron chi connectivity index (χ1n) is 2.50. The molecule has 0 aliphatic carbocycles. The fraction of sp³-hybridized carbons (Fsp3) is 1.00. The highest BCUT2D eigenvalue weighted by Gasteiger charge is 2.25. The second-order valence-corrected chi connectivity index (χ2v) is 3.73. The maximum atomic E-state index is 10.6. The van der Waals surface area contributed by atoms with Crippen LogP contribution in [0.2, 0.25) is 0 Å². The molecule has 0 aliphatic rings. The molecule has 1 radical (unpaired) electrons. The molecule has 9 heavy (non-hydrogen) atoms. The van der Waals surface area contributed by atoms with Gasteiger partial charge in [0.05, 0.1) is 6.61 Å². The van der Waals surface area contributed by atoms with Crippen LogP contribution in [0.1, 0.15) is 0 Å². The van der Waals surface area contributed by atoms with Crippen molar-refractivity contribution in [2.24, 2.45) is 5.41 Å². The predicted molar refractivity (Wildman–Crippen MR) is 49.4 cm³/mol. The molecule has 0 heterocycles. The van der Waals surface area contributed by atoms with Gasteiger partial charge in [0.25, 0.3) is 0 Å². The van der Waals surface area contributed by atoms with Crippen molar-refractivity contribution in [3.8, 4) is 0 Å². The molecule has 0 aliphatic heterocycles. The fourth-order valence-corrected chi connectivity index (χ4v) is 3.49. The lowest BCUT2D eigenvalue weighted by molar-refractivity contribution is 0.116. The second kappa shape index (κ2) is 5.10. The summed E-state index contributed by atoms with van der Waals surface area (Å²) >= 11 is 9.88. The first-order chi connectivity index (χ1) is 4.24. The van der Waals surface area contributed by atoms with E-state index >= 15 is 0 Å². The summed E-state index contributed by atoms with van der Waals surface area (Å²) in [4.78, 5) is 0. The molecular weight excluding hydrogens is 316 g/mol. The molecule has 0 atom stereocenters. The molecule has 1 nitrogen and oxygen atoms in total. The van der Waals surface area contributed by atoms with Crippen LogP contribution in [-0.4, -0.2) is 22.6 Å². The molecule has 0 aromatic rings. The van der Waals surface area contributed by atoms with Crippen LogP contribution in [0.3, 0.4) is 0 Å². The van der Waals surface area contributed by atoms with Crippen molar-refractivity contribution >= 4 is 47.8 Å². The smallest absolute Gasteiger partial charge is 0.0902 e. The normalized spacial score (nSPS) is 12.0. The summed E-state index contributed by atoms with van der Waals surface area (Å²) in [7, 11) is 0. The molecule has 0 N–H and O–H groups in total. The Balaban J connectivity index is 3.82. The lowest BCUT2D eigenvalue weighted by Gasteiger charge is -2.22. The molecule has 0 saturated carbocycles. The van der Waals surface area contributed by atoms with Crippen LogP contribution in [0.4, 0.5) is 0 Å². The maximum Gasteiger partial charge on any atom is 0.0902 e. The summed E-state index contributed by atoms with van der Waals surface area (Å²) in [5.41, 5.74) is -0.139. The van der Waals surface area contributed by atoms with Gasteiger partial charge in [0.2, 0.25) is 0 Å².